The second kappa shape index (κ2) is 11.6. The van der Waals surface area contributed by atoms with Crippen LogP contribution in [-0.4, -0.2) is 49.6 Å². The zero-order chi connectivity index (χ0) is 22.1. The molecule has 5 nitrogen and oxygen atoms in total. The molecule has 1 aliphatic heterocycles. The van der Waals surface area contributed by atoms with E-state index >= 15 is 0 Å². The number of halogens is 1. The fourth-order valence-electron chi connectivity index (χ4n) is 3.39. The number of piperazine rings is 1. The van der Waals surface area contributed by atoms with Crippen molar-refractivity contribution >= 4 is 29.2 Å². The van der Waals surface area contributed by atoms with E-state index in [0.717, 1.165) is 29.9 Å². The summed E-state index contributed by atoms with van der Waals surface area (Å²) in [4.78, 5) is 28.6. The highest BCUT2D eigenvalue weighted by molar-refractivity contribution is 6.31. The summed E-state index contributed by atoms with van der Waals surface area (Å²) in [7, 11) is 0. The summed E-state index contributed by atoms with van der Waals surface area (Å²) in [6, 6.07) is 13.1. The van der Waals surface area contributed by atoms with E-state index in [1.807, 2.05) is 56.0 Å². The molecule has 0 spiro atoms. The maximum atomic E-state index is 12.7. The van der Waals surface area contributed by atoms with Crippen molar-refractivity contribution in [2.24, 2.45) is 0 Å². The smallest absolute Gasteiger partial charge is 0.338 e. The molecule has 0 N–H and O–H groups in total. The third kappa shape index (κ3) is 5.99. The minimum atomic E-state index is -0.306. The molecule has 1 fully saturated rings. The Morgan fingerprint density at radius 1 is 1.00 bits per heavy atom. The van der Waals surface area contributed by atoms with Gasteiger partial charge in [0.2, 0.25) is 5.91 Å². The summed E-state index contributed by atoms with van der Waals surface area (Å²) in [5.74, 6) is -0.201. The van der Waals surface area contributed by atoms with Crippen LogP contribution in [0.4, 0.5) is 5.69 Å². The van der Waals surface area contributed by atoms with Gasteiger partial charge < -0.3 is 14.5 Å². The molecule has 0 unspecified atom stereocenters. The van der Waals surface area contributed by atoms with Crippen molar-refractivity contribution in [1.82, 2.24) is 4.90 Å². The molecule has 2 aromatic carbocycles. The second-order valence-electron chi connectivity index (χ2n) is 6.85. The van der Waals surface area contributed by atoms with Crippen molar-refractivity contribution in [3.05, 3.63) is 64.2 Å². The molecular weight excluding hydrogens is 400 g/mol. The molecule has 0 bridgehead atoms. The van der Waals surface area contributed by atoms with Crippen LogP contribution in [0.5, 0.6) is 0 Å². The largest absolute Gasteiger partial charge is 0.462 e. The van der Waals surface area contributed by atoms with Crippen LogP contribution in [0, 0.1) is 6.92 Å². The number of hydrogen-bond acceptors (Lipinski definition) is 4. The number of amides is 1. The van der Waals surface area contributed by atoms with Gasteiger partial charge in [-0.25, -0.2) is 4.79 Å². The van der Waals surface area contributed by atoms with E-state index in [2.05, 4.69) is 4.90 Å². The van der Waals surface area contributed by atoms with E-state index in [-0.39, 0.29) is 11.9 Å². The van der Waals surface area contributed by atoms with Crippen LogP contribution in [0.3, 0.4) is 0 Å². The maximum Gasteiger partial charge on any atom is 0.338 e. The Hall–Kier alpha value is -2.53. The van der Waals surface area contributed by atoms with Gasteiger partial charge in [-0.1, -0.05) is 37.6 Å². The predicted molar refractivity (Wildman–Crippen MR) is 122 cm³/mol. The van der Waals surface area contributed by atoms with E-state index < -0.39 is 0 Å². The average molecular weight is 431 g/mol. The second-order valence-corrected chi connectivity index (χ2v) is 7.25. The lowest BCUT2D eigenvalue weighted by Gasteiger charge is -2.36. The van der Waals surface area contributed by atoms with E-state index in [1.165, 1.54) is 0 Å². The first-order chi connectivity index (χ1) is 14.5. The van der Waals surface area contributed by atoms with E-state index in [1.54, 1.807) is 19.1 Å². The molecule has 0 radical (unpaired) electrons. The zero-order valence-electron chi connectivity index (χ0n) is 18.3. The van der Waals surface area contributed by atoms with Crippen molar-refractivity contribution < 1.29 is 14.3 Å². The highest BCUT2D eigenvalue weighted by Crippen LogP contribution is 2.22. The molecule has 0 atom stereocenters. The lowest BCUT2D eigenvalue weighted by molar-refractivity contribution is -0.130. The first kappa shape index (κ1) is 23.7. The summed E-state index contributed by atoms with van der Waals surface area (Å²) in [5, 5.41) is 0.647. The third-order valence-electron chi connectivity index (χ3n) is 5.06. The molecule has 1 saturated heterocycles. The minimum absolute atomic E-state index is 0.105. The van der Waals surface area contributed by atoms with Crippen LogP contribution in [0.1, 0.15) is 42.3 Å². The number of anilines is 1. The molecule has 3 rings (SSSR count). The molecule has 1 amide bonds. The standard InChI is InChI=1S/C22H25ClN2O3.C2H6/c1-3-28-22(27)17-7-9-18(10-8-17)24-11-13-25(14-12-24)21(26)15-19-16(2)5-4-6-20(19)23;1-2/h4-10H,3,11-15H2,1-2H3;1-2H3. The summed E-state index contributed by atoms with van der Waals surface area (Å²) in [6.45, 7) is 11.0. The van der Waals surface area contributed by atoms with Crippen LogP contribution in [-0.2, 0) is 16.0 Å². The van der Waals surface area contributed by atoms with Gasteiger partial charge in [0.25, 0.3) is 0 Å². The summed E-state index contributed by atoms with van der Waals surface area (Å²) < 4.78 is 5.01. The van der Waals surface area contributed by atoms with Crippen molar-refractivity contribution in [2.75, 3.05) is 37.7 Å². The van der Waals surface area contributed by atoms with Gasteiger partial charge in [0.15, 0.2) is 0 Å². The van der Waals surface area contributed by atoms with Crippen molar-refractivity contribution in [2.45, 2.75) is 34.1 Å². The Morgan fingerprint density at radius 3 is 2.20 bits per heavy atom. The topological polar surface area (TPSA) is 49.9 Å². The lowest BCUT2D eigenvalue weighted by atomic mass is 10.0. The van der Waals surface area contributed by atoms with Gasteiger partial charge in [0, 0.05) is 36.9 Å². The molecule has 2 aromatic rings. The van der Waals surface area contributed by atoms with Gasteiger partial charge in [-0.05, 0) is 55.3 Å². The van der Waals surface area contributed by atoms with Crippen molar-refractivity contribution in [1.29, 1.82) is 0 Å². The average Bonchev–Trinajstić information content (AvgIpc) is 2.78. The van der Waals surface area contributed by atoms with Gasteiger partial charge in [0.05, 0.1) is 18.6 Å². The predicted octanol–water partition coefficient (Wildman–Crippen LogP) is 4.74. The Kier molecular flexibility index (Phi) is 9.18. The van der Waals surface area contributed by atoms with Crippen LogP contribution in [0.25, 0.3) is 0 Å². The number of carbonyl (C=O) groups is 2. The number of esters is 1. The Bertz CT molecular complexity index is 824. The van der Waals surface area contributed by atoms with Crippen molar-refractivity contribution in [3.8, 4) is 0 Å². The Morgan fingerprint density at radius 2 is 1.63 bits per heavy atom. The number of nitrogens with zero attached hydrogens (tertiary/aromatic N) is 2. The quantitative estimate of drug-likeness (QED) is 0.642. The minimum Gasteiger partial charge on any atom is -0.462 e. The van der Waals surface area contributed by atoms with E-state index in [4.69, 9.17) is 16.3 Å². The Balaban J connectivity index is 0.00000155. The summed E-state index contributed by atoms with van der Waals surface area (Å²) in [5.41, 5.74) is 3.55. The highest BCUT2D eigenvalue weighted by atomic mass is 35.5. The van der Waals surface area contributed by atoms with Gasteiger partial charge in [0.1, 0.15) is 0 Å². The highest BCUT2D eigenvalue weighted by Gasteiger charge is 2.22. The molecule has 0 aliphatic carbocycles. The number of ether oxygens (including phenoxy) is 1. The lowest BCUT2D eigenvalue weighted by Crippen LogP contribution is -2.49. The number of carbonyl (C=O) groups excluding carboxylic acids is 2. The summed E-state index contributed by atoms with van der Waals surface area (Å²) >= 11 is 6.26. The molecule has 6 heteroatoms. The van der Waals surface area contributed by atoms with Gasteiger partial charge in [-0.2, -0.15) is 0 Å². The monoisotopic (exact) mass is 430 g/mol. The fraction of sp³-hybridized carbons (Fsp3) is 0.417. The number of aryl methyl sites for hydroxylation is 1. The Labute approximate surface area is 184 Å². The first-order valence-electron chi connectivity index (χ1n) is 10.5. The zero-order valence-corrected chi connectivity index (χ0v) is 19.0. The van der Waals surface area contributed by atoms with Crippen LogP contribution >= 0.6 is 11.6 Å². The van der Waals surface area contributed by atoms with Crippen molar-refractivity contribution in [3.63, 3.8) is 0 Å². The number of rotatable bonds is 5. The van der Waals surface area contributed by atoms with Gasteiger partial charge in [-0.15, -0.1) is 0 Å². The SMILES string of the molecule is CC.CCOC(=O)c1ccc(N2CCN(C(=O)Cc3c(C)cccc3Cl)CC2)cc1. The molecule has 1 heterocycles. The van der Waals surface area contributed by atoms with Crippen LogP contribution < -0.4 is 4.90 Å². The molecule has 30 heavy (non-hydrogen) atoms. The van der Waals surface area contributed by atoms with Crippen LogP contribution in [0.15, 0.2) is 42.5 Å². The number of benzene rings is 2. The van der Waals surface area contributed by atoms with Crippen LogP contribution in [0.2, 0.25) is 5.02 Å². The molecule has 0 saturated carbocycles. The van der Waals surface area contributed by atoms with E-state index in [9.17, 15) is 9.59 Å². The van der Waals surface area contributed by atoms with Gasteiger partial charge in [-0.3, -0.25) is 4.79 Å². The first-order valence-corrected chi connectivity index (χ1v) is 10.9. The van der Waals surface area contributed by atoms with E-state index in [0.29, 0.717) is 36.7 Å². The molecule has 1 aliphatic rings. The normalized spacial score (nSPS) is 13.4. The molecule has 0 aromatic heterocycles. The van der Waals surface area contributed by atoms with Gasteiger partial charge >= 0.3 is 5.97 Å². The summed E-state index contributed by atoms with van der Waals surface area (Å²) in [6.07, 6.45) is 0.333. The molecular formula is C24H31ClN2O3. The maximum absolute atomic E-state index is 12.7. The molecule has 162 valence electrons. The third-order valence-corrected chi connectivity index (χ3v) is 5.41. The number of hydrogen-bond donors (Lipinski definition) is 0. The fourth-order valence-corrected chi connectivity index (χ4v) is 3.68.